The zero-order valence-electron chi connectivity index (χ0n) is 16.1. The summed E-state index contributed by atoms with van der Waals surface area (Å²) in [4.78, 5) is 15.4. The summed E-state index contributed by atoms with van der Waals surface area (Å²) in [5.74, 6) is -2.03. The molecule has 0 spiro atoms. The van der Waals surface area contributed by atoms with E-state index < -0.39 is 33.2 Å². The lowest BCUT2D eigenvalue weighted by atomic mass is 9.89. The van der Waals surface area contributed by atoms with Crippen LogP contribution in [0.1, 0.15) is 48.2 Å². The molecule has 0 aliphatic heterocycles. The zero-order chi connectivity index (χ0) is 22.1. The summed E-state index contributed by atoms with van der Waals surface area (Å²) in [7, 11) is -3.56. The summed E-state index contributed by atoms with van der Waals surface area (Å²) in [6.07, 6.45) is 1.90. The molecule has 2 N–H and O–H groups in total. The average Bonchev–Trinajstić information content (AvgIpc) is 3.07. The monoisotopic (exact) mass is 446 g/mol. The summed E-state index contributed by atoms with van der Waals surface area (Å²) in [5.41, 5.74) is -2.54. The zero-order valence-corrected chi connectivity index (χ0v) is 16.9. The van der Waals surface area contributed by atoms with Gasteiger partial charge in [-0.05, 0) is 30.9 Å². The first kappa shape index (κ1) is 22.1. The Hall–Kier alpha value is -2.63. The van der Waals surface area contributed by atoms with Gasteiger partial charge in [-0.3, -0.25) is 0 Å². The number of halogens is 3. The number of nitrogens with zero attached hydrogens (tertiary/aromatic N) is 3. The molecule has 0 radical (unpaired) electrons. The molecule has 0 atom stereocenters. The fourth-order valence-electron chi connectivity index (χ4n) is 3.50. The van der Waals surface area contributed by atoms with E-state index in [0.29, 0.717) is 6.54 Å². The van der Waals surface area contributed by atoms with Crippen LogP contribution in [0.4, 0.5) is 19.0 Å². The fourth-order valence-corrected chi connectivity index (χ4v) is 4.06. The quantitative estimate of drug-likeness (QED) is 0.699. The van der Waals surface area contributed by atoms with Crippen molar-refractivity contribution in [3.8, 4) is 5.82 Å². The molecular formula is C18H21F3N4O4S. The Morgan fingerprint density at radius 2 is 1.93 bits per heavy atom. The number of rotatable bonds is 6. The molecule has 0 amide bonds. The smallest absolute Gasteiger partial charge is 0.436 e. The van der Waals surface area contributed by atoms with Crippen molar-refractivity contribution in [1.82, 2.24) is 14.8 Å². The van der Waals surface area contributed by atoms with E-state index >= 15 is 0 Å². The topological polar surface area (TPSA) is 114 Å². The molecule has 0 bridgehead atoms. The van der Waals surface area contributed by atoms with Gasteiger partial charge in [0.25, 0.3) is 0 Å². The summed E-state index contributed by atoms with van der Waals surface area (Å²) >= 11 is 0. The van der Waals surface area contributed by atoms with E-state index in [9.17, 15) is 31.5 Å². The van der Waals surface area contributed by atoms with Crippen LogP contribution in [0.3, 0.4) is 0 Å². The highest BCUT2D eigenvalue weighted by atomic mass is 32.2. The second-order valence-corrected chi connectivity index (χ2v) is 9.31. The van der Waals surface area contributed by atoms with Crippen LogP contribution in [0.2, 0.25) is 0 Å². The molecule has 3 rings (SSSR count). The van der Waals surface area contributed by atoms with Crippen molar-refractivity contribution in [2.75, 3.05) is 18.1 Å². The summed E-state index contributed by atoms with van der Waals surface area (Å²) < 4.78 is 64.4. The number of aromatic carboxylic acids is 1. The molecule has 0 aromatic carbocycles. The number of nitrogens with one attached hydrogen (secondary N) is 1. The summed E-state index contributed by atoms with van der Waals surface area (Å²) in [6, 6.07) is 2.36. The van der Waals surface area contributed by atoms with Gasteiger partial charge >= 0.3 is 12.1 Å². The van der Waals surface area contributed by atoms with Crippen molar-refractivity contribution in [2.45, 2.75) is 43.2 Å². The van der Waals surface area contributed by atoms with Crippen LogP contribution < -0.4 is 5.32 Å². The van der Waals surface area contributed by atoms with Crippen molar-refractivity contribution in [2.24, 2.45) is 5.92 Å². The van der Waals surface area contributed by atoms with Gasteiger partial charge in [-0.1, -0.05) is 19.3 Å². The molecule has 0 unspecified atom stereocenters. The van der Waals surface area contributed by atoms with Gasteiger partial charge in [-0.2, -0.15) is 23.0 Å². The fraction of sp³-hybridized carbons (Fsp3) is 0.500. The molecule has 164 valence electrons. The maximum atomic E-state index is 13.5. The van der Waals surface area contributed by atoms with Crippen LogP contribution in [0.5, 0.6) is 0 Å². The molecule has 1 saturated carbocycles. The highest BCUT2D eigenvalue weighted by molar-refractivity contribution is 7.90. The predicted molar refractivity (Wildman–Crippen MR) is 101 cm³/mol. The van der Waals surface area contributed by atoms with Gasteiger partial charge in [0.1, 0.15) is 11.4 Å². The second-order valence-electron chi connectivity index (χ2n) is 7.30. The van der Waals surface area contributed by atoms with Gasteiger partial charge < -0.3 is 10.4 Å². The van der Waals surface area contributed by atoms with Crippen molar-refractivity contribution < 1.29 is 31.5 Å². The van der Waals surface area contributed by atoms with Crippen molar-refractivity contribution in [3.05, 3.63) is 29.6 Å². The number of carboxylic acid groups (broad SMARTS) is 1. The van der Waals surface area contributed by atoms with Gasteiger partial charge in [0.15, 0.2) is 21.3 Å². The Bertz CT molecular complexity index is 1030. The highest BCUT2D eigenvalue weighted by Gasteiger charge is 2.42. The number of anilines is 1. The Balaban J connectivity index is 2.06. The number of sulfone groups is 1. The number of aromatic nitrogens is 3. The van der Waals surface area contributed by atoms with E-state index in [-0.39, 0.29) is 22.4 Å². The van der Waals surface area contributed by atoms with Gasteiger partial charge in [-0.15, -0.1) is 0 Å². The van der Waals surface area contributed by atoms with Gasteiger partial charge in [0, 0.05) is 19.0 Å². The Kier molecular flexibility index (Phi) is 6.06. The minimum Gasteiger partial charge on any atom is -0.477 e. The third-order valence-electron chi connectivity index (χ3n) is 5.02. The highest BCUT2D eigenvalue weighted by Crippen LogP contribution is 2.36. The van der Waals surface area contributed by atoms with Gasteiger partial charge in [-0.25, -0.2) is 18.2 Å². The first-order valence-electron chi connectivity index (χ1n) is 9.32. The Morgan fingerprint density at radius 3 is 2.43 bits per heavy atom. The first-order chi connectivity index (χ1) is 14.0. The van der Waals surface area contributed by atoms with Gasteiger partial charge in [0.2, 0.25) is 0 Å². The van der Waals surface area contributed by atoms with E-state index in [1.807, 2.05) is 0 Å². The molecule has 2 aromatic rings. The molecule has 2 heterocycles. The van der Waals surface area contributed by atoms with Crippen LogP contribution in [-0.4, -0.2) is 47.1 Å². The standard InChI is InChI=1S/C18H21F3N4O4S/c1-30(28,29)12-7-8-13(22-10-12)25-16(23-9-11-5-3-2-4-6-11)14(17(26)27)15(24-25)18(19,20)21/h7-8,10-11,23H,2-6,9H2,1H3,(H,26,27). The molecule has 1 aliphatic carbocycles. The number of carbonyl (C=O) groups is 1. The second kappa shape index (κ2) is 8.25. The predicted octanol–water partition coefficient (Wildman–Crippen LogP) is 3.38. The Labute approximate surface area is 171 Å². The summed E-state index contributed by atoms with van der Waals surface area (Å²) in [6.45, 7) is 0.296. The third kappa shape index (κ3) is 4.74. The number of hydrogen-bond acceptors (Lipinski definition) is 6. The molecule has 1 aliphatic rings. The maximum absolute atomic E-state index is 13.5. The Morgan fingerprint density at radius 1 is 1.27 bits per heavy atom. The van der Waals surface area contributed by atoms with Crippen LogP contribution in [-0.2, 0) is 16.0 Å². The lowest BCUT2D eigenvalue weighted by Gasteiger charge is -2.22. The van der Waals surface area contributed by atoms with Crippen LogP contribution in [0, 0.1) is 5.92 Å². The van der Waals surface area contributed by atoms with E-state index in [1.165, 1.54) is 12.1 Å². The lowest BCUT2D eigenvalue weighted by Crippen LogP contribution is -2.20. The molecule has 2 aromatic heterocycles. The summed E-state index contributed by atoms with van der Waals surface area (Å²) in [5, 5.41) is 15.8. The van der Waals surface area contributed by atoms with Crippen molar-refractivity contribution in [1.29, 1.82) is 0 Å². The van der Waals surface area contributed by atoms with Gasteiger partial charge in [0.05, 0.1) is 4.90 Å². The molecule has 12 heteroatoms. The van der Waals surface area contributed by atoms with Crippen molar-refractivity contribution >= 4 is 21.6 Å². The molecule has 30 heavy (non-hydrogen) atoms. The van der Waals surface area contributed by atoms with Crippen LogP contribution in [0.15, 0.2) is 23.2 Å². The number of pyridine rings is 1. The van der Waals surface area contributed by atoms with E-state index in [0.717, 1.165) is 49.2 Å². The molecular weight excluding hydrogens is 425 g/mol. The van der Waals surface area contributed by atoms with E-state index in [2.05, 4.69) is 15.4 Å². The van der Waals surface area contributed by atoms with E-state index in [4.69, 9.17) is 0 Å². The minimum absolute atomic E-state index is 0.121. The minimum atomic E-state index is -4.99. The first-order valence-corrected chi connectivity index (χ1v) is 11.2. The number of hydrogen-bond donors (Lipinski definition) is 2. The third-order valence-corrected chi connectivity index (χ3v) is 6.11. The maximum Gasteiger partial charge on any atom is 0.436 e. The average molecular weight is 446 g/mol. The normalized spacial score (nSPS) is 15.9. The number of alkyl halides is 3. The number of carboxylic acids is 1. The molecule has 8 nitrogen and oxygen atoms in total. The lowest BCUT2D eigenvalue weighted by molar-refractivity contribution is -0.141. The van der Waals surface area contributed by atoms with Crippen LogP contribution >= 0.6 is 0 Å². The van der Waals surface area contributed by atoms with Crippen LogP contribution in [0.25, 0.3) is 5.82 Å². The van der Waals surface area contributed by atoms with Crippen molar-refractivity contribution in [3.63, 3.8) is 0 Å². The van der Waals surface area contributed by atoms with E-state index in [1.54, 1.807) is 0 Å². The molecule has 0 saturated heterocycles. The largest absolute Gasteiger partial charge is 0.477 e. The SMILES string of the molecule is CS(=O)(=O)c1ccc(-n2nc(C(F)(F)F)c(C(=O)O)c2NCC2CCCCC2)nc1. The molecule has 1 fully saturated rings.